The molecule has 2 rings (SSSR count). The summed E-state index contributed by atoms with van der Waals surface area (Å²) >= 11 is 3.61. The summed E-state index contributed by atoms with van der Waals surface area (Å²) in [6.07, 6.45) is 0.842. The molecule has 0 saturated carbocycles. The lowest BCUT2D eigenvalue weighted by Gasteiger charge is -2.20. The zero-order valence-corrected chi connectivity index (χ0v) is 14.1. The van der Waals surface area contributed by atoms with Crippen molar-refractivity contribution in [1.82, 2.24) is 5.32 Å². The second kappa shape index (κ2) is 7.48. The fourth-order valence-electron chi connectivity index (χ4n) is 2.38. The van der Waals surface area contributed by atoms with Crippen LogP contribution in [0.2, 0.25) is 0 Å². The molecule has 0 saturated heterocycles. The number of benzene rings is 2. The highest BCUT2D eigenvalue weighted by atomic mass is 79.9. The van der Waals surface area contributed by atoms with Crippen molar-refractivity contribution >= 4 is 15.9 Å². The van der Waals surface area contributed by atoms with Crippen LogP contribution in [0.15, 0.2) is 46.9 Å². The summed E-state index contributed by atoms with van der Waals surface area (Å²) in [6, 6.07) is 14.3. The van der Waals surface area contributed by atoms with Crippen LogP contribution in [-0.2, 0) is 6.42 Å². The third-order valence-corrected chi connectivity index (χ3v) is 4.31. The van der Waals surface area contributed by atoms with Crippen LogP contribution in [0.5, 0.6) is 11.5 Å². The highest BCUT2D eigenvalue weighted by molar-refractivity contribution is 9.10. The molecule has 0 amide bonds. The Kier molecular flexibility index (Phi) is 5.65. The van der Waals surface area contributed by atoms with Crippen LogP contribution < -0.4 is 14.8 Å². The second-order valence-electron chi connectivity index (χ2n) is 4.74. The molecule has 0 aliphatic carbocycles. The molecule has 112 valence electrons. The molecule has 3 nitrogen and oxygen atoms in total. The minimum absolute atomic E-state index is 0.171. The highest BCUT2D eigenvalue weighted by Crippen LogP contribution is 2.31. The van der Waals surface area contributed by atoms with Crippen molar-refractivity contribution in [1.29, 1.82) is 0 Å². The predicted octanol–water partition coefficient (Wildman–Crippen LogP) is 3.97. The first-order valence-electron chi connectivity index (χ1n) is 6.82. The van der Waals surface area contributed by atoms with Gasteiger partial charge in [-0.3, -0.25) is 0 Å². The van der Waals surface area contributed by atoms with Crippen molar-refractivity contribution in [3.8, 4) is 11.5 Å². The van der Waals surface area contributed by atoms with Crippen molar-refractivity contribution < 1.29 is 9.47 Å². The molecule has 21 heavy (non-hydrogen) atoms. The molecule has 1 N–H and O–H groups in total. The lowest BCUT2D eigenvalue weighted by atomic mass is 9.98. The number of hydrogen-bond donors (Lipinski definition) is 1. The Bertz CT molecular complexity index is 601. The lowest BCUT2D eigenvalue weighted by molar-refractivity contribution is 0.400. The molecule has 0 aliphatic heterocycles. The van der Waals surface area contributed by atoms with Gasteiger partial charge in [0.1, 0.15) is 11.5 Å². The van der Waals surface area contributed by atoms with Gasteiger partial charge in [-0.25, -0.2) is 0 Å². The van der Waals surface area contributed by atoms with Gasteiger partial charge in [0.05, 0.1) is 14.2 Å². The molecule has 0 fully saturated rings. The highest BCUT2D eigenvalue weighted by Gasteiger charge is 2.16. The quantitative estimate of drug-likeness (QED) is 0.855. The maximum absolute atomic E-state index is 5.46. The van der Waals surface area contributed by atoms with Gasteiger partial charge in [-0.1, -0.05) is 34.1 Å². The Labute approximate surface area is 134 Å². The number of likely N-dealkylation sites (N-methyl/N-ethyl adjacent to an activating group) is 1. The molecular formula is C17H20BrNO2. The zero-order chi connectivity index (χ0) is 15.2. The maximum atomic E-state index is 5.46. The van der Waals surface area contributed by atoms with Gasteiger partial charge >= 0.3 is 0 Å². The van der Waals surface area contributed by atoms with Crippen LogP contribution in [0.1, 0.15) is 17.2 Å². The Morgan fingerprint density at radius 2 is 1.86 bits per heavy atom. The summed E-state index contributed by atoms with van der Waals surface area (Å²) in [5.41, 5.74) is 2.34. The molecule has 0 aromatic heterocycles. The average Bonchev–Trinajstić information content (AvgIpc) is 2.54. The molecule has 0 heterocycles. The van der Waals surface area contributed by atoms with E-state index < -0.39 is 0 Å². The minimum Gasteiger partial charge on any atom is -0.497 e. The van der Waals surface area contributed by atoms with E-state index in [-0.39, 0.29) is 6.04 Å². The van der Waals surface area contributed by atoms with Gasteiger partial charge in [-0.2, -0.15) is 0 Å². The second-order valence-corrected chi connectivity index (χ2v) is 5.60. The van der Waals surface area contributed by atoms with Gasteiger partial charge < -0.3 is 14.8 Å². The van der Waals surface area contributed by atoms with Crippen molar-refractivity contribution in [2.45, 2.75) is 12.5 Å². The van der Waals surface area contributed by atoms with Gasteiger partial charge in [-0.15, -0.1) is 0 Å². The predicted molar refractivity (Wildman–Crippen MR) is 89.2 cm³/mol. The topological polar surface area (TPSA) is 30.5 Å². The Balaban J connectivity index is 2.31. The maximum Gasteiger partial charge on any atom is 0.123 e. The lowest BCUT2D eigenvalue weighted by Crippen LogP contribution is -2.19. The number of halogens is 1. The van der Waals surface area contributed by atoms with Gasteiger partial charge in [-0.05, 0) is 43.3 Å². The van der Waals surface area contributed by atoms with Crippen LogP contribution in [0.25, 0.3) is 0 Å². The zero-order valence-electron chi connectivity index (χ0n) is 12.5. The van der Waals surface area contributed by atoms with E-state index in [1.165, 1.54) is 5.56 Å². The molecule has 0 bridgehead atoms. The standard InChI is InChI=1S/C17H20BrNO2/c1-19-16(14-6-4-5-7-17(14)21-3)11-12-10-13(20-2)8-9-15(12)18/h4-10,16,19H,11H2,1-3H3. The Morgan fingerprint density at radius 1 is 1.10 bits per heavy atom. The number of ether oxygens (including phenoxy) is 2. The van der Waals surface area contributed by atoms with Crippen molar-refractivity contribution in [3.63, 3.8) is 0 Å². The molecule has 2 aromatic rings. The van der Waals surface area contributed by atoms with Gasteiger partial charge in [0.2, 0.25) is 0 Å². The average molecular weight is 350 g/mol. The van der Waals surface area contributed by atoms with E-state index >= 15 is 0 Å². The largest absolute Gasteiger partial charge is 0.497 e. The molecule has 0 aliphatic rings. The SMILES string of the molecule is CNC(Cc1cc(OC)ccc1Br)c1ccccc1OC. The van der Waals surface area contributed by atoms with E-state index in [0.29, 0.717) is 0 Å². The summed E-state index contributed by atoms with van der Waals surface area (Å²) in [7, 11) is 5.35. The third-order valence-electron chi connectivity index (χ3n) is 3.54. The van der Waals surface area contributed by atoms with Crippen molar-refractivity contribution in [2.24, 2.45) is 0 Å². The summed E-state index contributed by atoms with van der Waals surface area (Å²) < 4.78 is 11.9. The van der Waals surface area contributed by atoms with E-state index in [9.17, 15) is 0 Å². The van der Waals surface area contributed by atoms with E-state index in [4.69, 9.17) is 9.47 Å². The summed E-state index contributed by atoms with van der Waals surface area (Å²) in [4.78, 5) is 0. The van der Waals surface area contributed by atoms with Gasteiger partial charge in [0, 0.05) is 16.1 Å². The molecule has 1 unspecified atom stereocenters. The minimum atomic E-state index is 0.171. The number of hydrogen-bond acceptors (Lipinski definition) is 3. The monoisotopic (exact) mass is 349 g/mol. The van der Waals surface area contributed by atoms with Crippen LogP contribution in [0.4, 0.5) is 0 Å². The first kappa shape index (κ1) is 15.9. The van der Waals surface area contributed by atoms with E-state index in [0.717, 1.165) is 28.0 Å². The summed E-state index contributed by atoms with van der Waals surface area (Å²) in [5, 5.41) is 3.36. The molecular weight excluding hydrogens is 330 g/mol. The normalized spacial score (nSPS) is 12.0. The van der Waals surface area contributed by atoms with Crippen molar-refractivity contribution in [3.05, 3.63) is 58.1 Å². The van der Waals surface area contributed by atoms with E-state index in [2.05, 4.69) is 33.4 Å². The first-order chi connectivity index (χ1) is 10.2. The molecule has 0 spiro atoms. The first-order valence-corrected chi connectivity index (χ1v) is 7.61. The van der Waals surface area contributed by atoms with Gasteiger partial charge in [0.25, 0.3) is 0 Å². The number of methoxy groups -OCH3 is 2. The van der Waals surface area contributed by atoms with E-state index in [1.54, 1.807) is 14.2 Å². The van der Waals surface area contributed by atoms with Crippen LogP contribution in [0.3, 0.4) is 0 Å². The summed E-state index contributed by atoms with van der Waals surface area (Å²) in [6.45, 7) is 0. The number of nitrogens with one attached hydrogen (secondary N) is 1. The fourth-order valence-corrected chi connectivity index (χ4v) is 2.78. The summed E-state index contributed by atoms with van der Waals surface area (Å²) in [5.74, 6) is 1.76. The Hall–Kier alpha value is -1.52. The number of rotatable bonds is 6. The van der Waals surface area contributed by atoms with Crippen LogP contribution >= 0.6 is 15.9 Å². The molecule has 4 heteroatoms. The van der Waals surface area contributed by atoms with Crippen LogP contribution in [-0.4, -0.2) is 21.3 Å². The number of para-hydroxylation sites is 1. The molecule has 0 radical (unpaired) electrons. The van der Waals surface area contributed by atoms with E-state index in [1.807, 2.05) is 37.4 Å². The van der Waals surface area contributed by atoms with Crippen molar-refractivity contribution in [2.75, 3.05) is 21.3 Å². The molecule has 1 atom stereocenters. The third kappa shape index (κ3) is 3.77. The fraction of sp³-hybridized carbons (Fsp3) is 0.294. The van der Waals surface area contributed by atoms with Crippen LogP contribution in [0, 0.1) is 0 Å². The van der Waals surface area contributed by atoms with Gasteiger partial charge in [0.15, 0.2) is 0 Å². The smallest absolute Gasteiger partial charge is 0.123 e. The Morgan fingerprint density at radius 3 is 2.52 bits per heavy atom. The molecule has 2 aromatic carbocycles.